The average molecular weight is 215 g/mol. The third-order valence-electron chi connectivity index (χ3n) is 1.52. The van der Waals surface area contributed by atoms with Crippen molar-refractivity contribution in [1.29, 1.82) is 0 Å². The van der Waals surface area contributed by atoms with Gasteiger partial charge in [0.15, 0.2) is 6.10 Å². The van der Waals surface area contributed by atoms with Crippen molar-refractivity contribution < 1.29 is 29.0 Å². The molecule has 1 heterocycles. The first-order valence-electron chi connectivity index (χ1n) is 4.10. The molecule has 0 radical (unpaired) electrons. The van der Waals surface area contributed by atoms with Crippen LogP contribution in [0.2, 0.25) is 0 Å². The maximum absolute atomic E-state index is 10.9. The van der Waals surface area contributed by atoms with Crippen LogP contribution in [0.15, 0.2) is 12.2 Å². The molecule has 1 aliphatic rings. The number of ether oxygens (including phenoxy) is 2. The molecule has 0 saturated carbocycles. The maximum Gasteiger partial charge on any atom is 0.407 e. The Hall–Kier alpha value is -2.05. The van der Waals surface area contributed by atoms with Crippen LogP contribution in [0, 0.1) is 0 Å². The van der Waals surface area contributed by atoms with Gasteiger partial charge in [0.2, 0.25) is 0 Å². The number of hydrogen-bond acceptors (Lipinski definition) is 5. The normalized spacial score (nSPS) is 19.7. The van der Waals surface area contributed by atoms with E-state index in [-0.39, 0.29) is 13.2 Å². The zero-order valence-electron chi connectivity index (χ0n) is 7.63. The Labute approximate surface area is 84.7 Å². The average Bonchev–Trinajstić information content (AvgIpc) is 2.58. The van der Waals surface area contributed by atoms with E-state index in [9.17, 15) is 14.4 Å². The predicted molar refractivity (Wildman–Crippen MR) is 46.0 cm³/mol. The summed E-state index contributed by atoms with van der Waals surface area (Å²) in [5.74, 6) is -2.03. The topological polar surface area (TPSA) is 102 Å². The summed E-state index contributed by atoms with van der Waals surface area (Å²) in [4.78, 5) is 31.4. The summed E-state index contributed by atoms with van der Waals surface area (Å²) in [6, 6.07) is 0. The second-order valence-electron chi connectivity index (χ2n) is 2.71. The smallest absolute Gasteiger partial charge is 0.407 e. The van der Waals surface area contributed by atoms with Crippen molar-refractivity contribution in [3.63, 3.8) is 0 Å². The van der Waals surface area contributed by atoms with Crippen molar-refractivity contribution in [2.75, 3.05) is 13.2 Å². The first-order valence-corrected chi connectivity index (χ1v) is 4.10. The van der Waals surface area contributed by atoms with E-state index in [1.807, 2.05) is 0 Å². The number of amides is 1. The summed E-state index contributed by atoms with van der Waals surface area (Å²) in [5.41, 5.74) is 0. The van der Waals surface area contributed by atoms with E-state index in [0.717, 1.165) is 6.08 Å². The molecule has 0 spiro atoms. The summed E-state index contributed by atoms with van der Waals surface area (Å²) in [5, 5.41) is 10.6. The highest BCUT2D eigenvalue weighted by Crippen LogP contribution is 2.00. The Bertz CT molecular complexity index is 310. The molecule has 1 saturated heterocycles. The van der Waals surface area contributed by atoms with Gasteiger partial charge in [0.1, 0.15) is 6.61 Å². The van der Waals surface area contributed by atoms with Gasteiger partial charge < -0.3 is 19.9 Å². The van der Waals surface area contributed by atoms with Gasteiger partial charge in [0.25, 0.3) is 0 Å². The van der Waals surface area contributed by atoms with Crippen LogP contribution in [0.4, 0.5) is 4.79 Å². The number of carbonyl (C=O) groups is 3. The van der Waals surface area contributed by atoms with Crippen molar-refractivity contribution in [2.45, 2.75) is 6.10 Å². The van der Waals surface area contributed by atoms with Crippen LogP contribution in [0.25, 0.3) is 0 Å². The molecule has 7 heteroatoms. The number of carboxylic acid groups (broad SMARTS) is 1. The monoisotopic (exact) mass is 215 g/mol. The molecule has 1 atom stereocenters. The largest absolute Gasteiger partial charge is 0.478 e. The van der Waals surface area contributed by atoms with Gasteiger partial charge in [-0.1, -0.05) is 0 Å². The molecule has 0 aliphatic carbocycles. The fraction of sp³-hybridized carbons (Fsp3) is 0.375. The Morgan fingerprint density at radius 3 is 2.87 bits per heavy atom. The van der Waals surface area contributed by atoms with E-state index in [0.29, 0.717) is 6.08 Å². The van der Waals surface area contributed by atoms with Crippen LogP contribution in [-0.4, -0.2) is 42.4 Å². The molecule has 0 bridgehead atoms. The number of cyclic esters (lactones) is 1. The van der Waals surface area contributed by atoms with Gasteiger partial charge in [-0.15, -0.1) is 0 Å². The van der Waals surface area contributed by atoms with Gasteiger partial charge in [-0.05, 0) is 0 Å². The van der Waals surface area contributed by atoms with Crippen LogP contribution in [0.3, 0.4) is 0 Å². The molecule has 0 aromatic heterocycles. The Morgan fingerprint density at radius 2 is 2.33 bits per heavy atom. The number of hydrogen-bond donors (Lipinski definition) is 2. The molecule has 1 amide bonds. The third-order valence-corrected chi connectivity index (χ3v) is 1.52. The van der Waals surface area contributed by atoms with Crippen molar-refractivity contribution in [3.05, 3.63) is 12.2 Å². The summed E-state index contributed by atoms with van der Waals surface area (Å²) in [6.45, 7) is 0.177. The van der Waals surface area contributed by atoms with Crippen LogP contribution in [0.5, 0.6) is 0 Å². The number of aliphatic carboxylic acids is 1. The molecule has 1 rings (SSSR count). The van der Waals surface area contributed by atoms with Gasteiger partial charge in [-0.2, -0.15) is 0 Å². The number of carbonyl (C=O) groups excluding carboxylic acids is 2. The lowest BCUT2D eigenvalue weighted by molar-refractivity contribution is -0.140. The summed E-state index contributed by atoms with van der Waals surface area (Å²) < 4.78 is 9.29. The number of nitrogens with one attached hydrogen (secondary N) is 1. The Morgan fingerprint density at radius 1 is 1.60 bits per heavy atom. The van der Waals surface area contributed by atoms with Crippen molar-refractivity contribution >= 4 is 18.0 Å². The zero-order chi connectivity index (χ0) is 11.3. The maximum atomic E-state index is 10.9. The van der Waals surface area contributed by atoms with Crippen LogP contribution in [-0.2, 0) is 19.1 Å². The van der Waals surface area contributed by atoms with Gasteiger partial charge in [-0.25, -0.2) is 14.4 Å². The molecule has 1 fully saturated rings. The fourth-order valence-electron chi connectivity index (χ4n) is 0.887. The summed E-state index contributed by atoms with van der Waals surface area (Å²) >= 11 is 0. The highest BCUT2D eigenvalue weighted by atomic mass is 16.6. The van der Waals surface area contributed by atoms with Gasteiger partial charge in [0.05, 0.1) is 6.54 Å². The SMILES string of the molecule is O=C(O)/C=C\C(=O)OC[C@@H]1CNC(=O)O1. The molecule has 1 aliphatic heterocycles. The molecule has 2 N–H and O–H groups in total. The lowest BCUT2D eigenvalue weighted by atomic mass is 10.4. The Balaban J connectivity index is 2.22. The number of carboxylic acids is 1. The van der Waals surface area contributed by atoms with Crippen molar-refractivity contribution in [3.8, 4) is 0 Å². The third kappa shape index (κ3) is 4.12. The molecular weight excluding hydrogens is 206 g/mol. The Kier molecular flexibility index (Phi) is 3.67. The molecular formula is C8H9NO6. The van der Waals surface area contributed by atoms with Crippen molar-refractivity contribution in [2.24, 2.45) is 0 Å². The first kappa shape index (κ1) is 11.0. The second kappa shape index (κ2) is 4.99. The molecule has 0 unspecified atom stereocenters. The van der Waals surface area contributed by atoms with Crippen LogP contribution >= 0.6 is 0 Å². The summed E-state index contributed by atoms with van der Waals surface area (Å²) in [7, 11) is 0. The van der Waals surface area contributed by atoms with Gasteiger partial charge in [0, 0.05) is 12.2 Å². The minimum Gasteiger partial charge on any atom is -0.478 e. The molecule has 15 heavy (non-hydrogen) atoms. The molecule has 82 valence electrons. The zero-order valence-corrected chi connectivity index (χ0v) is 7.63. The minimum absolute atomic E-state index is 0.0957. The quantitative estimate of drug-likeness (QED) is 0.474. The molecule has 7 nitrogen and oxygen atoms in total. The van der Waals surface area contributed by atoms with E-state index in [1.54, 1.807) is 0 Å². The van der Waals surface area contributed by atoms with Crippen LogP contribution in [0.1, 0.15) is 0 Å². The summed E-state index contributed by atoms with van der Waals surface area (Å²) in [6.07, 6.45) is 0.380. The molecule has 0 aromatic rings. The highest BCUT2D eigenvalue weighted by molar-refractivity contribution is 5.90. The minimum atomic E-state index is -1.24. The number of esters is 1. The van der Waals surface area contributed by atoms with Crippen molar-refractivity contribution in [1.82, 2.24) is 5.32 Å². The van der Waals surface area contributed by atoms with E-state index in [1.165, 1.54) is 0 Å². The predicted octanol–water partition coefficient (Wildman–Crippen LogP) is -0.721. The number of alkyl carbamates (subject to hydrolysis) is 1. The van der Waals surface area contributed by atoms with E-state index >= 15 is 0 Å². The first-order chi connectivity index (χ1) is 7.08. The fourth-order valence-corrected chi connectivity index (χ4v) is 0.887. The standard InChI is InChI=1S/C8H9NO6/c10-6(11)1-2-7(12)14-4-5-3-9-8(13)15-5/h1-2,5H,3-4H2,(H,9,13)(H,10,11)/b2-1-/t5-/m0/s1. The van der Waals surface area contributed by atoms with E-state index in [2.05, 4.69) is 14.8 Å². The van der Waals surface area contributed by atoms with E-state index < -0.39 is 24.1 Å². The number of rotatable bonds is 4. The molecule has 0 aromatic carbocycles. The second-order valence-corrected chi connectivity index (χ2v) is 2.71. The lowest BCUT2D eigenvalue weighted by Crippen LogP contribution is -2.21. The van der Waals surface area contributed by atoms with Gasteiger partial charge in [-0.3, -0.25) is 0 Å². The van der Waals surface area contributed by atoms with E-state index in [4.69, 9.17) is 5.11 Å². The lowest BCUT2D eigenvalue weighted by Gasteiger charge is -2.06. The van der Waals surface area contributed by atoms with Gasteiger partial charge >= 0.3 is 18.0 Å². The highest BCUT2D eigenvalue weighted by Gasteiger charge is 2.23. The van der Waals surface area contributed by atoms with Crippen LogP contribution < -0.4 is 5.32 Å².